The number of aliphatic imine (C=N–C) groups is 1. The predicted molar refractivity (Wildman–Crippen MR) is 114 cm³/mol. The van der Waals surface area contributed by atoms with Gasteiger partial charge in [-0.1, -0.05) is 26.2 Å². The Labute approximate surface area is 165 Å². The SMILES string of the molecule is CN=C(NCC(C)CN1CCN(C)CC1)N1CCSC2(CCCCC2)C1. The van der Waals surface area contributed by atoms with Gasteiger partial charge in [0.25, 0.3) is 0 Å². The Bertz CT molecular complexity index is 450. The van der Waals surface area contributed by atoms with E-state index in [1.165, 1.54) is 77.1 Å². The van der Waals surface area contributed by atoms with Gasteiger partial charge in [0, 0.05) is 69.9 Å². The summed E-state index contributed by atoms with van der Waals surface area (Å²) in [5, 5.41) is 3.69. The molecule has 3 fully saturated rings. The molecule has 3 rings (SSSR count). The zero-order chi connectivity index (χ0) is 18.4. The smallest absolute Gasteiger partial charge is 0.193 e. The van der Waals surface area contributed by atoms with E-state index >= 15 is 0 Å². The molecule has 0 bridgehead atoms. The van der Waals surface area contributed by atoms with Crippen molar-refractivity contribution in [2.75, 3.05) is 72.2 Å². The number of rotatable bonds is 4. The Kier molecular flexibility index (Phi) is 7.53. The molecule has 1 aliphatic carbocycles. The Morgan fingerprint density at radius 2 is 1.85 bits per heavy atom. The molecule has 2 saturated heterocycles. The molecule has 5 nitrogen and oxygen atoms in total. The number of likely N-dealkylation sites (N-methyl/N-ethyl adjacent to an activating group) is 1. The van der Waals surface area contributed by atoms with Crippen molar-refractivity contribution < 1.29 is 0 Å². The van der Waals surface area contributed by atoms with Crippen molar-refractivity contribution in [3.63, 3.8) is 0 Å². The van der Waals surface area contributed by atoms with Gasteiger partial charge >= 0.3 is 0 Å². The van der Waals surface area contributed by atoms with E-state index in [-0.39, 0.29) is 0 Å². The summed E-state index contributed by atoms with van der Waals surface area (Å²) in [6.45, 7) is 11.7. The molecule has 1 atom stereocenters. The van der Waals surface area contributed by atoms with E-state index in [0.29, 0.717) is 10.7 Å². The van der Waals surface area contributed by atoms with Crippen LogP contribution in [0.15, 0.2) is 4.99 Å². The average Bonchev–Trinajstić information content (AvgIpc) is 2.65. The molecule has 6 heteroatoms. The predicted octanol–water partition coefficient (Wildman–Crippen LogP) is 2.20. The molecule has 1 saturated carbocycles. The first-order chi connectivity index (χ1) is 12.6. The van der Waals surface area contributed by atoms with E-state index in [9.17, 15) is 0 Å². The second-order valence-corrected chi connectivity index (χ2v) is 10.2. The minimum atomic E-state index is 0.500. The zero-order valence-electron chi connectivity index (χ0n) is 17.2. The number of nitrogens with zero attached hydrogens (tertiary/aromatic N) is 4. The number of hydrogen-bond donors (Lipinski definition) is 1. The van der Waals surface area contributed by atoms with Crippen LogP contribution in [0.2, 0.25) is 0 Å². The standard InChI is InChI=1S/C20H39N5S/c1-18(16-24-11-9-23(3)10-12-24)15-22-19(21-2)25-13-14-26-20(17-25)7-5-4-6-8-20/h18H,4-17H2,1-3H3,(H,21,22). The van der Waals surface area contributed by atoms with Crippen LogP contribution in [0.4, 0.5) is 0 Å². The van der Waals surface area contributed by atoms with Gasteiger partial charge in [0.1, 0.15) is 0 Å². The van der Waals surface area contributed by atoms with Gasteiger partial charge < -0.3 is 20.0 Å². The van der Waals surface area contributed by atoms with E-state index in [0.717, 1.165) is 19.0 Å². The van der Waals surface area contributed by atoms with Crippen molar-refractivity contribution in [3.8, 4) is 0 Å². The lowest BCUT2D eigenvalue weighted by Gasteiger charge is -2.45. The third-order valence-electron chi connectivity index (χ3n) is 6.30. The van der Waals surface area contributed by atoms with Crippen molar-refractivity contribution in [2.24, 2.45) is 10.9 Å². The Hall–Kier alpha value is -0.460. The molecule has 1 spiro atoms. The summed E-state index contributed by atoms with van der Waals surface area (Å²) in [6, 6.07) is 0. The molecular formula is C20H39N5S. The first kappa shape index (κ1) is 20.3. The second-order valence-electron chi connectivity index (χ2n) is 8.65. The number of piperazine rings is 1. The topological polar surface area (TPSA) is 34.1 Å². The maximum atomic E-state index is 4.62. The highest BCUT2D eigenvalue weighted by molar-refractivity contribution is 8.00. The summed E-state index contributed by atoms with van der Waals surface area (Å²) < 4.78 is 0.500. The van der Waals surface area contributed by atoms with Crippen LogP contribution in [0.25, 0.3) is 0 Å². The van der Waals surface area contributed by atoms with Gasteiger partial charge in [-0.25, -0.2) is 0 Å². The van der Waals surface area contributed by atoms with E-state index in [1.807, 2.05) is 7.05 Å². The highest BCUT2D eigenvalue weighted by Gasteiger charge is 2.38. The average molecular weight is 382 g/mol. The molecule has 2 heterocycles. The highest BCUT2D eigenvalue weighted by atomic mass is 32.2. The van der Waals surface area contributed by atoms with Gasteiger partial charge in [-0.3, -0.25) is 4.99 Å². The largest absolute Gasteiger partial charge is 0.356 e. The summed E-state index contributed by atoms with van der Waals surface area (Å²) in [4.78, 5) is 12.2. The minimum absolute atomic E-state index is 0.500. The quantitative estimate of drug-likeness (QED) is 0.596. The fraction of sp³-hybridized carbons (Fsp3) is 0.950. The van der Waals surface area contributed by atoms with Crippen molar-refractivity contribution in [1.82, 2.24) is 20.0 Å². The normalized spacial score (nSPS) is 26.9. The van der Waals surface area contributed by atoms with Crippen LogP contribution in [-0.4, -0.2) is 97.6 Å². The summed E-state index contributed by atoms with van der Waals surface area (Å²) in [5.41, 5.74) is 0. The van der Waals surface area contributed by atoms with E-state index in [1.54, 1.807) is 0 Å². The van der Waals surface area contributed by atoms with E-state index in [4.69, 9.17) is 0 Å². The van der Waals surface area contributed by atoms with Gasteiger partial charge in [-0.2, -0.15) is 11.8 Å². The lowest BCUT2D eigenvalue weighted by molar-refractivity contribution is 0.139. The molecule has 0 aromatic rings. The molecule has 150 valence electrons. The maximum Gasteiger partial charge on any atom is 0.193 e. The van der Waals surface area contributed by atoms with Crippen molar-refractivity contribution in [2.45, 2.75) is 43.8 Å². The number of thioether (sulfide) groups is 1. The van der Waals surface area contributed by atoms with E-state index in [2.05, 4.69) is 50.7 Å². The molecule has 2 aliphatic heterocycles. The van der Waals surface area contributed by atoms with Crippen LogP contribution in [0.5, 0.6) is 0 Å². The van der Waals surface area contributed by atoms with Crippen molar-refractivity contribution in [3.05, 3.63) is 0 Å². The van der Waals surface area contributed by atoms with Crippen LogP contribution in [-0.2, 0) is 0 Å². The number of nitrogens with one attached hydrogen (secondary N) is 1. The fourth-order valence-corrected chi connectivity index (χ4v) is 6.23. The monoisotopic (exact) mass is 381 g/mol. The third kappa shape index (κ3) is 5.52. The summed E-state index contributed by atoms with van der Waals surface area (Å²) in [5.74, 6) is 3.02. The molecule has 0 aromatic carbocycles. The first-order valence-electron chi connectivity index (χ1n) is 10.6. The zero-order valence-corrected chi connectivity index (χ0v) is 18.0. The van der Waals surface area contributed by atoms with Gasteiger partial charge in [-0.05, 0) is 25.8 Å². The van der Waals surface area contributed by atoms with Crippen LogP contribution < -0.4 is 5.32 Å². The summed E-state index contributed by atoms with van der Waals surface area (Å²) >= 11 is 2.23. The molecular weight excluding hydrogens is 342 g/mol. The maximum absolute atomic E-state index is 4.62. The van der Waals surface area contributed by atoms with Gasteiger partial charge in [0.05, 0.1) is 0 Å². The Morgan fingerprint density at radius 3 is 2.54 bits per heavy atom. The van der Waals surface area contributed by atoms with E-state index < -0.39 is 0 Å². The van der Waals surface area contributed by atoms with Crippen LogP contribution in [0, 0.1) is 5.92 Å². The van der Waals surface area contributed by atoms with Crippen LogP contribution >= 0.6 is 11.8 Å². The first-order valence-corrected chi connectivity index (χ1v) is 11.6. The number of hydrogen-bond acceptors (Lipinski definition) is 4. The van der Waals surface area contributed by atoms with Crippen LogP contribution in [0.1, 0.15) is 39.0 Å². The van der Waals surface area contributed by atoms with Gasteiger partial charge in [0.2, 0.25) is 0 Å². The lowest BCUT2D eigenvalue weighted by Crippen LogP contribution is -2.54. The molecule has 0 amide bonds. The van der Waals surface area contributed by atoms with Gasteiger partial charge in [-0.15, -0.1) is 0 Å². The Morgan fingerprint density at radius 1 is 1.12 bits per heavy atom. The molecule has 0 radical (unpaired) electrons. The Balaban J connectivity index is 1.45. The highest BCUT2D eigenvalue weighted by Crippen LogP contribution is 2.42. The van der Waals surface area contributed by atoms with Crippen molar-refractivity contribution in [1.29, 1.82) is 0 Å². The minimum Gasteiger partial charge on any atom is -0.356 e. The molecule has 26 heavy (non-hydrogen) atoms. The molecule has 0 aromatic heterocycles. The molecule has 1 N–H and O–H groups in total. The fourth-order valence-electron chi connectivity index (χ4n) is 4.66. The molecule has 3 aliphatic rings. The third-order valence-corrected chi connectivity index (χ3v) is 7.84. The lowest BCUT2D eigenvalue weighted by atomic mass is 9.87. The van der Waals surface area contributed by atoms with Gasteiger partial charge in [0.15, 0.2) is 5.96 Å². The van der Waals surface area contributed by atoms with Crippen LogP contribution in [0.3, 0.4) is 0 Å². The summed E-state index contributed by atoms with van der Waals surface area (Å²) in [6.07, 6.45) is 7.04. The van der Waals surface area contributed by atoms with Crippen molar-refractivity contribution >= 4 is 17.7 Å². The molecule has 1 unspecified atom stereocenters. The number of guanidine groups is 1. The summed E-state index contributed by atoms with van der Waals surface area (Å²) in [7, 11) is 4.17. The second kappa shape index (κ2) is 9.65.